The van der Waals surface area contributed by atoms with Crippen molar-refractivity contribution >= 4 is 44.9 Å². The van der Waals surface area contributed by atoms with E-state index in [4.69, 9.17) is 4.74 Å². The van der Waals surface area contributed by atoms with E-state index >= 15 is 0 Å². The summed E-state index contributed by atoms with van der Waals surface area (Å²) in [6, 6.07) is 86.2. The number of ether oxygens (including phenoxy) is 1. The Kier molecular flexibility index (Phi) is 9.18. The van der Waals surface area contributed by atoms with Crippen molar-refractivity contribution in [3.8, 4) is 56.0 Å². The van der Waals surface area contributed by atoms with E-state index in [0.29, 0.717) is 0 Å². The fourth-order valence-corrected chi connectivity index (χ4v) is 8.66. The lowest BCUT2D eigenvalue weighted by Gasteiger charge is -2.30. The number of fused-ring (bicyclic) bond motifs is 2. The molecule has 0 amide bonds. The van der Waals surface area contributed by atoms with Crippen LogP contribution in [0.25, 0.3) is 55.3 Å². The molecule has 0 aromatic heterocycles. The molecule has 10 aromatic carbocycles. The third-order valence-corrected chi connectivity index (χ3v) is 11.7. The van der Waals surface area contributed by atoms with Crippen LogP contribution in [0.2, 0.25) is 0 Å². The number of benzene rings is 10. The van der Waals surface area contributed by atoms with Gasteiger partial charge in [-0.2, -0.15) is 0 Å². The van der Waals surface area contributed by atoms with Gasteiger partial charge in [0.1, 0.15) is 5.75 Å². The minimum Gasteiger partial charge on any atom is -0.454 e. The van der Waals surface area contributed by atoms with Crippen molar-refractivity contribution in [3.63, 3.8) is 0 Å². The molecule has 0 N–H and O–H groups in total. The van der Waals surface area contributed by atoms with E-state index in [1.165, 1.54) is 27.8 Å². The Balaban J connectivity index is 0.962. The fourth-order valence-electron chi connectivity index (χ4n) is 8.66. The lowest BCUT2D eigenvalue weighted by Crippen LogP contribution is -2.12. The van der Waals surface area contributed by atoms with Gasteiger partial charge >= 0.3 is 0 Å². The highest BCUT2D eigenvalue weighted by Gasteiger charge is 2.27. The van der Waals surface area contributed by atoms with Gasteiger partial charge in [0.2, 0.25) is 0 Å². The average molecular weight is 781 g/mol. The summed E-state index contributed by atoms with van der Waals surface area (Å²) < 4.78 is 7.08. The summed E-state index contributed by atoms with van der Waals surface area (Å²) in [5.41, 5.74) is 15.6. The molecule has 0 radical (unpaired) electrons. The lowest BCUT2D eigenvalue weighted by molar-refractivity contribution is 0.488. The zero-order chi connectivity index (χ0) is 40.5. The lowest BCUT2D eigenvalue weighted by atomic mass is 9.92. The number of anilines is 6. The van der Waals surface area contributed by atoms with Crippen LogP contribution >= 0.6 is 0 Å². The first-order chi connectivity index (χ1) is 30.2. The van der Waals surface area contributed by atoms with E-state index < -0.39 is 0 Å². The number of nitrogens with zero attached hydrogens (tertiary/aromatic N) is 2. The van der Waals surface area contributed by atoms with Crippen LogP contribution in [-0.4, -0.2) is 0 Å². The predicted octanol–water partition coefficient (Wildman–Crippen LogP) is 16.6. The van der Waals surface area contributed by atoms with Crippen molar-refractivity contribution in [1.82, 2.24) is 0 Å². The molecule has 1 aliphatic rings. The highest BCUT2D eigenvalue weighted by atomic mass is 16.5. The molecule has 61 heavy (non-hydrogen) atoms. The van der Waals surface area contributed by atoms with Crippen LogP contribution in [0.4, 0.5) is 34.1 Å². The van der Waals surface area contributed by atoms with Crippen LogP contribution in [-0.2, 0) is 0 Å². The second-order valence-corrected chi connectivity index (χ2v) is 15.3. The highest BCUT2D eigenvalue weighted by molar-refractivity contribution is 6.08. The number of para-hydroxylation sites is 2. The third kappa shape index (κ3) is 6.78. The summed E-state index contributed by atoms with van der Waals surface area (Å²) in [6.45, 7) is 0. The van der Waals surface area contributed by atoms with E-state index in [0.717, 1.165) is 73.1 Å². The number of rotatable bonds is 9. The molecule has 0 fully saturated rings. The van der Waals surface area contributed by atoms with Gasteiger partial charge < -0.3 is 14.5 Å². The van der Waals surface area contributed by atoms with Gasteiger partial charge in [-0.1, -0.05) is 164 Å². The van der Waals surface area contributed by atoms with E-state index in [2.05, 4.69) is 252 Å². The summed E-state index contributed by atoms with van der Waals surface area (Å²) in [6.07, 6.45) is 0. The van der Waals surface area contributed by atoms with Crippen molar-refractivity contribution < 1.29 is 4.74 Å². The van der Waals surface area contributed by atoms with Gasteiger partial charge in [0.15, 0.2) is 5.75 Å². The molecular weight excluding hydrogens is 741 g/mol. The fraction of sp³-hybridized carbons (Fsp3) is 0. The third-order valence-electron chi connectivity index (χ3n) is 11.7. The van der Waals surface area contributed by atoms with Crippen molar-refractivity contribution in [2.24, 2.45) is 0 Å². The molecule has 0 spiro atoms. The van der Waals surface area contributed by atoms with Crippen LogP contribution < -0.4 is 14.5 Å². The number of hydrogen-bond donors (Lipinski definition) is 0. The van der Waals surface area contributed by atoms with E-state index in [1.54, 1.807) is 0 Å². The molecule has 0 bridgehead atoms. The van der Waals surface area contributed by atoms with Gasteiger partial charge in [-0.25, -0.2) is 0 Å². The van der Waals surface area contributed by atoms with E-state index in [-0.39, 0.29) is 0 Å². The molecular formula is C58H40N2O. The number of hydrogen-bond acceptors (Lipinski definition) is 3. The monoisotopic (exact) mass is 780 g/mol. The molecule has 10 aromatic rings. The summed E-state index contributed by atoms with van der Waals surface area (Å²) in [5, 5.41) is 2.27. The van der Waals surface area contributed by atoms with Crippen molar-refractivity contribution in [1.29, 1.82) is 0 Å². The largest absolute Gasteiger partial charge is 0.454 e. The van der Waals surface area contributed by atoms with Crippen molar-refractivity contribution in [2.75, 3.05) is 9.80 Å². The molecule has 3 heteroatoms. The molecule has 11 rings (SSSR count). The first kappa shape index (κ1) is 36.0. The first-order valence-corrected chi connectivity index (χ1v) is 20.7. The Labute approximate surface area is 356 Å². The molecule has 1 aliphatic heterocycles. The topological polar surface area (TPSA) is 15.7 Å². The zero-order valence-electron chi connectivity index (χ0n) is 33.4. The first-order valence-electron chi connectivity index (χ1n) is 20.7. The Morgan fingerprint density at radius 3 is 1.21 bits per heavy atom. The second kappa shape index (κ2) is 15.6. The zero-order valence-corrected chi connectivity index (χ0v) is 33.4. The van der Waals surface area contributed by atoms with Crippen molar-refractivity contribution in [3.05, 3.63) is 243 Å². The van der Waals surface area contributed by atoms with Crippen LogP contribution in [0.3, 0.4) is 0 Å². The van der Waals surface area contributed by atoms with Crippen LogP contribution in [0.15, 0.2) is 243 Å². The highest BCUT2D eigenvalue weighted by Crippen LogP contribution is 2.53. The molecule has 1 heterocycles. The maximum Gasteiger partial charge on any atom is 0.159 e. The van der Waals surface area contributed by atoms with E-state index in [9.17, 15) is 0 Å². The molecule has 0 saturated heterocycles. The average Bonchev–Trinajstić information content (AvgIpc) is 3.34. The summed E-state index contributed by atoms with van der Waals surface area (Å²) in [4.78, 5) is 4.61. The molecule has 0 atom stereocenters. The molecule has 288 valence electrons. The molecule has 0 unspecified atom stereocenters. The smallest absolute Gasteiger partial charge is 0.159 e. The van der Waals surface area contributed by atoms with Gasteiger partial charge in [0.25, 0.3) is 0 Å². The van der Waals surface area contributed by atoms with Crippen LogP contribution in [0.1, 0.15) is 0 Å². The Bertz CT molecular complexity index is 2990. The van der Waals surface area contributed by atoms with Gasteiger partial charge in [-0.15, -0.1) is 0 Å². The minimum absolute atomic E-state index is 0.841. The SMILES string of the molecule is c1ccc(-c2ccc(N(c3ccc(-c4ccccc4)cc3)c3ccc(-c4ccc5c(c4)Oc4c(N(c6ccccc6)c6ccccc6)ccc6cccc-5c46)cc3)cc2)cc1. The maximum absolute atomic E-state index is 7.08. The standard InChI is InChI=1S/C58H40N2O/c1-5-14-41(15-6-1)43-24-32-50(33-25-43)59(51-34-26-44(27-35-51)42-16-7-2-8-17-42)52-36-28-45(29-37-52)47-30-38-53-54-23-13-18-46-31-39-55(58(57(46)54)61-56(53)40-47)60(48-19-9-3-10-20-48)49-21-11-4-12-22-49/h1-40H. The van der Waals surface area contributed by atoms with Gasteiger partial charge in [0, 0.05) is 39.4 Å². The minimum atomic E-state index is 0.841. The molecule has 0 aliphatic carbocycles. The molecule has 0 saturated carbocycles. The van der Waals surface area contributed by atoms with Gasteiger partial charge in [0.05, 0.1) is 5.69 Å². The summed E-state index contributed by atoms with van der Waals surface area (Å²) in [5.74, 6) is 1.70. The van der Waals surface area contributed by atoms with Crippen molar-refractivity contribution in [2.45, 2.75) is 0 Å². The second-order valence-electron chi connectivity index (χ2n) is 15.3. The Hall–Kier alpha value is -8.14. The molecule has 3 nitrogen and oxygen atoms in total. The maximum atomic E-state index is 7.08. The van der Waals surface area contributed by atoms with Crippen LogP contribution in [0.5, 0.6) is 11.5 Å². The van der Waals surface area contributed by atoms with E-state index in [1.807, 2.05) is 0 Å². The Morgan fingerprint density at radius 2 is 0.705 bits per heavy atom. The van der Waals surface area contributed by atoms with Gasteiger partial charge in [-0.05, 0) is 123 Å². The quantitative estimate of drug-likeness (QED) is 0.145. The predicted molar refractivity (Wildman–Crippen MR) is 255 cm³/mol. The Morgan fingerprint density at radius 1 is 0.279 bits per heavy atom. The van der Waals surface area contributed by atoms with Crippen LogP contribution in [0, 0.1) is 0 Å². The summed E-state index contributed by atoms with van der Waals surface area (Å²) >= 11 is 0. The normalized spacial score (nSPS) is 11.4. The summed E-state index contributed by atoms with van der Waals surface area (Å²) in [7, 11) is 0. The van der Waals surface area contributed by atoms with Gasteiger partial charge in [-0.3, -0.25) is 0 Å².